The first-order valence-corrected chi connectivity index (χ1v) is 15.4. The zero-order chi connectivity index (χ0) is 34.9. The number of rotatable bonds is 9. The lowest BCUT2D eigenvalue weighted by atomic mass is 9.95. The van der Waals surface area contributed by atoms with Crippen LogP contribution in [0, 0.1) is 5.92 Å². The Morgan fingerprint density at radius 1 is 1.06 bits per heavy atom. The molecule has 0 unspecified atom stereocenters. The van der Waals surface area contributed by atoms with E-state index in [1.165, 1.54) is 22.8 Å². The molecule has 0 spiro atoms. The third-order valence-electron chi connectivity index (χ3n) is 7.50. The average Bonchev–Trinajstić information content (AvgIpc) is 3.28. The normalized spacial score (nSPS) is 14.8. The van der Waals surface area contributed by atoms with Gasteiger partial charge in [0.25, 0.3) is 5.91 Å². The fraction of sp³-hybridized carbons (Fsp3) is 0.500. The molecule has 0 atom stereocenters. The number of ether oxygens (including phenoxy) is 1. The van der Waals surface area contributed by atoms with Crippen molar-refractivity contribution in [1.29, 1.82) is 0 Å². The summed E-state index contributed by atoms with van der Waals surface area (Å²) in [6, 6.07) is 5.94. The van der Waals surface area contributed by atoms with Gasteiger partial charge in [-0.2, -0.15) is 26.3 Å². The number of alkyl halides is 6. The number of amides is 2. The maximum Gasteiger partial charge on any atom is 0.407 e. The van der Waals surface area contributed by atoms with E-state index in [2.05, 4.69) is 15.6 Å². The number of carbonyl (C=O) groups excluding carboxylic acids is 2. The van der Waals surface area contributed by atoms with Gasteiger partial charge in [-0.3, -0.25) is 4.79 Å². The third kappa shape index (κ3) is 9.28. The number of aromatic nitrogens is 2. The van der Waals surface area contributed by atoms with Gasteiger partial charge in [0.2, 0.25) is 5.95 Å². The zero-order valence-electron chi connectivity index (χ0n) is 25.7. The van der Waals surface area contributed by atoms with E-state index in [-0.39, 0.29) is 83.9 Å². The molecule has 0 aliphatic carbocycles. The molecule has 2 aromatic carbocycles. The smallest absolute Gasteiger partial charge is 0.407 e. The maximum atomic E-state index is 13.3. The summed E-state index contributed by atoms with van der Waals surface area (Å²) in [5.41, 5.74) is 6.25. The molecular weight excluding hydrogens is 677 g/mol. The lowest BCUT2D eigenvalue weighted by molar-refractivity contribution is -0.179. The van der Waals surface area contributed by atoms with Crippen LogP contribution in [0.5, 0.6) is 0 Å². The van der Waals surface area contributed by atoms with E-state index in [1.54, 1.807) is 31.7 Å². The molecule has 1 fully saturated rings. The molecular formula is C30H34Cl2F6N6O3. The van der Waals surface area contributed by atoms with Crippen LogP contribution >= 0.6 is 23.2 Å². The van der Waals surface area contributed by atoms with E-state index >= 15 is 0 Å². The molecule has 3 aromatic rings. The number of benzene rings is 2. The largest absolute Gasteiger partial charge is 0.444 e. The lowest BCUT2D eigenvalue weighted by Crippen LogP contribution is -2.39. The Morgan fingerprint density at radius 3 is 2.30 bits per heavy atom. The van der Waals surface area contributed by atoms with Crippen LogP contribution in [-0.2, 0) is 17.8 Å². The fourth-order valence-electron chi connectivity index (χ4n) is 5.27. The van der Waals surface area contributed by atoms with Crippen molar-refractivity contribution < 1.29 is 40.7 Å². The van der Waals surface area contributed by atoms with Gasteiger partial charge in [0, 0.05) is 32.6 Å². The van der Waals surface area contributed by atoms with E-state index in [0.717, 1.165) is 0 Å². The summed E-state index contributed by atoms with van der Waals surface area (Å²) >= 11 is 13.1. The number of alkyl carbamates (subject to hydrolysis) is 1. The molecule has 17 heteroatoms. The minimum atomic E-state index is -4.43. The SMILES string of the molecule is CC(C)(C)OC(=O)NCc1ccc(Cl)c(Nc2nc3cc(C(N)=O)c(N4CCC(C(F)(F)F)CC4)cc3n2CCCC(F)(F)F)c1Cl. The van der Waals surface area contributed by atoms with Crippen molar-refractivity contribution in [1.82, 2.24) is 14.9 Å². The van der Waals surface area contributed by atoms with Crippen LogP contribution < -0.4 is 21.3 Å². The molecule has 4 rings (SSSR count). The number of nitrogens with zero attached hydrogens (tertiary/aromatic N) is 3. The number of piperidine rings is 1. The van der Waals surface area contributed by atoms with E-state index in [9.17, 15) is 35.9 Å². The fourth-order valence-corrected chi connectivity index (χ4v) is 5.80. The predicted octanol–water partition coefficient (Wildman–Crippen LogP) is 8.33. The minimum absolute atomic E-state index is 0.000676. The number of imidazole rings is 1. The second-order valence-electron chi connectivity index (χ2n) is 12.2. The van der Waals surface area contributed by atoms with Crippen molar-refractivity contribution in [3.8, 4) is 0 Å². The molecule has 4 N–H and O–H groups in total. The summed E-state index contributed by atoms with van der Waals surface area (Å²) < 4.78 is 86.0. The number of anilines is 3. The molecule has 1 aliphatic heterocycles. The van der Waals surface area contributed by atoms with Gasteiger partial charge in [-0.1, -0.05) is 29.3 Å². The topological polar surface area (TPSA) is 115 Å². The number of fused-ring (bicyclic) bond motifs is 1. The quantitative estimate of drug-likeness (QED) is 0.193. The van der Waals surface area contributed by atoms with Crippen LogP contribution in [-0.4, -0.2) is 52.6 Å². The van der Waals surface area contributed by atoms with Crippen molar-refractivity contribution >= 4 is 63.6 Å². The van der Waals surface area contributed by atoms with E-state index in [0.29, 0.717) is 11.1 Å². The number of hydrogen-bond donors (Lipinski definition) is 3. The first-order valence-electron chi connectivity index (χ1n) is 14.7. The summed E-state index contributed by atoms with van der Waals surface area (Å²) in [5, 5.41) is 5.81. The highest BCUT2D eigenvalue weighted by atomic mass is 35.5. The van der Waals surface area contributed by atoms with Gasteiger partial charge < -0.3 is 30.6 Å². The van der Waals surface area contributed by atoms with Gasteiger partial charge in [-0.25, -0.2) is 9.78 Å². The van der Waals surface area contributed by atoms with Crippen LogP contribution in [0.3, 0.4) is 0 Å². The Balaban J connectivity index is 1.73. The Hall–Kier alpha value is -3.59. The number of carbonyl (C=O) groups is 2. The number of aryl methyl sites for hydroxylation is 1. The summed E-state index contributed by atoms with van der Waals surface area (Å²) in [5.74, 6) is -2.31. The number of halogens is 8. The molecule has 0 bridgehead atoms. The zero-order valence-corrected chi connectivity index (χ0v) is 27.2. The van der Waals surface area contributed by atoms with Gasteiger partial charge in [0.15, 0.2) is 0 Å². The Labute approximate surface area is 276 Å². The summed E-state index contributed by atoms with van der Waals surface area (Å²) in [4.78, 5) is 30.8. The molecule has 0 saturated carbocycles. The highest BCUT2D eigenvalue weighted by Crippen LogP contribution is 2.39. The summed E-state index contributed by atoms with van der Waals surface area (Å²) in [6.45, 7) is 4.86. The van der Waals surface area contributed by atoms with Crippen LogP contribution in [0.4, 0.5) is 48.5 Å². The molecule has 2 heterocycles. The second kappa shape index (κ2) is 13.9. The molecule has 1 aliphatic rings. The number of nitrogens with one attached hydrogen (secondary N) is 2. The minimum Gasteiger partial charge on any atom is -0.444 e. The molecule has 2 amide bonds. The van der Waals surface area contributed by atoms with Gasteiger partial charge >= 0.3 is 18.4 Å². The maximum absolute atomic E-state index is 13.3. The lowest BCUT2D eigenvalue weighted by Gasteiger charge is -2.35. The molecule has 0 radical (unpaired) electrons. The van der Waals surface area contributed by atoms with E-state index in [1.807, 2.05) is 0 Å². The van der Waals surface area contributed by atoms with E-state index in [4.69, 9.17) is 33.7 Å². The van der Waals surface area contributed by atoms with Crippen molar-refractivity contribution in [2.24, 2.45) is 11.7 Å². The summed E-state index contributed by atoms with van der Waals surface area (Å²) in [7, 11) is 0. The highest BCUT2D eigenvalue weighted by molar-refractivity contribution is 6.39. The van der Waals surface area contributed by atoms with Crippen LogP contribution in [0.15, 0.2) is 24.3 Å². The predicted molar refractivity (Wildman–Crippen MR) is 167 cm³/mol. The number of primary amides is 1. The molecule has 9 nitrogen and oxygen atoms in total. The first kappa shape index (κ1) is 36.2. The number of nitrogens with two attached hydrogens (primary N) is 1. The second-order valence-corrected chi connectivity index (χ2v) is 13.0. The molecule has 1 saturated heterocycles. The Bertz CT molecular complexity index is 1630. The van der Waals surface area contributed by atoms with Gasteiger partial charge in [0.1, 0.15) is 5.60 Å². The average molecular weight is 712 g/mol. The van der Waals surface area contributed by atoms with Crippen molar-refractivity contribution in [3.63, 3.8) is 0 Å². The first-order chi connectivity index (χ1) is 21.7. The highest BCUT2D eigenvalue weighted by Gasteiger charge is 2.41. The Morgan fingerprint density at radius 2 is 1.72 bits per heavy atom. The monoisotopic (exact) mass is 710 g/mol. The van der Waals surface area contributed by atoms with Crippen LogP contribution in [0.1, 0.15) is 62.4 Å². The standard InChI is InChI=1S/C30H34Cl2F6N6O3/c1-28(2,3)47-27(46)40-15-16-5-6-19(31)24(23(16)32)42-26-41-20-13-18(25(39)45)21(43-11-7-17(8-12-43)30(36,37)38)14-22(20)44(26)10-4-9-29(33,34)35/h5-6,13-14,17H,4,7-12,15H2,1-3H3,(H2,39,45)(H,40,46)(H,41,42). The van der Waals surface area contributed by atoms with Crippen molar-refractivity contribution in [2.45, 2.75) is 77.5 Å². The molecule has 258 valence electrons. The van der Waals surface area contributed by atoms with E-state index < -0.39 is 42.3 Å². The van der Waals surface area contributed by atoms with Crippen molar-refractivity contribution in [3.05, 3.63) is 45.4 Å². The van der Waals surface area contributed by atoms with Gasteiger partial charge in [0.05, 0.1) is 43.9 Å². The van der Waals surface area contributed by atoms with Gasteiger partial charge in [-0.15, -0.1) is 0 Å². The third-order valence-corrected chi connectivity index (χ3v) is 8.25. The van der Waals surface area contributed by atoms with Crippen molar-refractivity contribution in [2.75, 3.05) is 23.3 Å². The summed E-state index contributed by atoms with van der Waals surface area (Å²) in [6.07, 6.45) is -11.3. The van der Waals surface area contributed by atoms with Crippen LogP contribution in [0.25, 0.3) is 11.0 Å². The van der Waals surface area contributed by atoms with Crippen LogP contribution in [0.2, 0.25) is 10.0 Å². The number of hydrogen-bond acceptors (Lipinski definition) is 6. The molecule has 47 heavy (non-hydrogen) atoms. The van der Waals surface area contributed by atoms with Gasteiger partial charge in [-0.05, 0) is 63.8 Å². The molecule has 1 aromatic heterocycles. The Kier molecular flexibility index (Phi) is 10.7.